The lowest BCUT2D eigenvalue weighted by Crippen LogP contribution is -2.45. The minimum atomic E-state index is -3.53. The highest BCUT2D eigenvalue weighted by Gasteiger charge is 2.46. The van der Waals surface area contributed by atoms with Crippen molar-refractivity contribution >= 4 is 16.0 Å². The van der Waals surface area contributed by atoms with Crippen molar-refractivity contribution in [1.82, 2.24) is 4.31 Å². The molecular formula is C12H21NO5S. The molecule has 0 spiro atoms. The quantitative estimate of drug-likeness (QED) is 0.829. The zero-order chi connectivity index (χ0) is 14.0. The molecule has 2 fully saturated rings. The van der Waals surface area contributed by atoms with Gasteiger partial charge in [0.2, 0.25) is 10.0 Å². The Morgan fingerprint density at radius 1 is 1.26 bits per heavy atom. The van der Waals surface area contributed by atoms with Gasteiger partial charge in [0, 0.05) is 20.1 Å². The molecule has 6 nitrogen and oxygen atoms in total. The number of hydrogen-bond donors (Lipinski definition) is 1. The van der Waals surface area contributed by atoms with Gasteiger partial charge >= 0.3 is 5.97 Å². The molecule has 2 unspecified atom stereocenters. The molecule has 1 saturated heterocycles. The SMILES string of the molecule is COC1CC(C(=O)O)N(S(=O)(=O)C2CCCCC2)C1. The summed E-state index contributed by atoms with van der Waals surface area (Å²) >= 11 is 0. The van der Waals surface area contributed by atoms with Crippen molar-refractivity contribution in [2.75, 3.05) is 13.7 Å². The molecular weight excluding hydrogens is 270 g/mol. The zero-order valence-corrected chi connectivity index (χ0v) is 11.9. The Labute approximate surface area is 113 Å². The second-order valence-corrected chi connectivity index (χ2v) is 7.49. The number of rotatable bonds is 4. The summed E-state index contributed by atoms with van der Waals surface area (Å²) in [7, 11) is -2.04. The molecule has 2 rings (SSSR count). The second-order valence-electron chi connectivity index (χ2n) is 5.32. The largest absolute Gasteiger partial charge is 0.480 e. The molecule has 2 atom stereocenters. The number of ether oxygens (including phenoxy) is 1. The Bertz CT molecular complexity index is 429. The normalized spacial score (nSPS) is 30.6. The van der Waals surface area contributed by atoms with E-state index in [9.17, 15) is 18.3 Å². The van der Waals surface area contributed by atoms with E-state index in [2.05, 4.69) is 0 Å². The van der Waals surface area contributed by atoms with Crippen LogP contribution in [-0.2, 0) is 19.6 Å². The molecule has 1 N–H and O–H groups in total. The number of aliphatic carboxylic acids is 1. The molecule has 2 aliphatic rings. The first kappa shape index (κ1) is 14.7. The van der Waals surface area contributed by atoms with Gasteiger partial charge in [0.05, 0.1) is 11.4 Å². The topological polar surface area (TPSA) is 83.9 Å². The number of carbonyl (C=O) groups is 1. The lowest BCUT2D eigenvalue weighted by atomic mass is 10.0. The molecule has 0 bridgehead atoms. The Morgan fingerprint density at radius 3 is 2.42 bits per heavy atom. The minimum absolute atomic E-state index is 0.159. The summed E-state index contributed by atoms with van der Waals surface area (Å²) in [5, 5.41) is 8.78. The first-order valence-corrected chi connectivity index (χ1v) is 8.23. The van der Waals surface area contributed by atoms with Gasteiger partial charge in [-0.15, -0.1) is 0 Å². The van der Waals surface area contributed by atoms with Crippen LogP contribution in [0, 0.1) is 0 Å². The Balaban J connectivity index is 2.19. The fourth-order valence-electron chi connectivity index (χ4n) is 3.00. The molecule has 1 heterocycles. The number of methoxy groups -OCH3 is 1. The van der Waals surface area contributed by atoms with E-state index >= 15 is 0 Å². The van der Waals surface area contributed by atoms with Gasteiger partial charge in [-0.1, -0.05) is 19.3 Å². The van der Waals surface area contributed by atoms with E-state index in [0.717, 1.165) is 23.6 Å². The molecule has 0 aromatic carbocycles. The number of nitrogens with zero attached hydrogens (tertiary/aromatic N) is 1. The predicted octanol–water partition coefficient (Wildman–Crippen LogP) is 0.823. The van der Waals surface area contributed by atoms with E-state index in [1.54, 1.807) is 0 Å². The van der Waals surface area contributed by atoms with E-state index in [-0.39, 0.29) is 19.1 Å². The summed E-state index contributed by atoms with van der Waals surface area (Å²) in [5.41, 5.74) is 0. The van der Waals surface area contributed by atoms with Crippen LogP contribution in [0.5, 0.6) is 0 Å². The smallest absolute Gasteiger partial charge is 0.322 e. The van der Waals surface area contributed by atoms with Gasteiger partial charge in [0.15, 0.2) is 0 Å². The van der Waals surface area contributed by atoms with Crippen molar-refractivity contribution in [3.63, 3.8) is 0 Å². The highest BCUT2D eigenvalue weighted by atomic mass is 32.2. The zero-order valence-electron chi connectivity index (χ0n) is 11.1. The van der Waals surface area contributed by atoms with Gasteiger partial charge in [-0.05, 0) is 12.8 Å². The van der Waals surface area contributed by atoms with Crippen molar-refractivity contribution in [3.8, 4) is 0 Å². The molecule has 19 heavy (non-hydrogen) atoms. The van der Waals surface area contributed by atoms with Crippen molar-refractivity contribution in [2.45, 2.75) is 55.9 Å². The Kier molecular flexibility index (Phi) is 4.47. The third kappa shape index (κ3) is 2.93. The van der Waals surface area contributed by atoms with Gasteiger partial charge in [-0.3, -0.25) is 4.79 Å². The van der Waals surface area contributed by atoms with Gasteiger partial charge in [-0.2, -0.15) is 4.31 Å². The van der Waals surface area contributed by atoms with Gasteiger partial charge in [-0.25, -0.2) is 8.42 Å². The number of hydrogen-bond acceptors (Lipinski definition) is 4. The highest BCUT2D eigenvalue weighted by molar-refractivity contribution is 7.89. The van der Waals surface area contributed by atoms with Crippen molar-refractivity contribution in [1.29, 1.82) is 0 Å². The number of sulfonamides is 1. The third-order valence-corrected chi connectivity index (χ3v) is 6.51. The first-order chi connectivity index (χ1) is 8.96. The average Bonchev–Trinajstić information content (AvgIpc) is 2.85. The molecule has 0 radical (unpaired) electrons. The minimum Gasteiger partial charge on any atom is -0.480 e. The third-order valence-electron chi connectivity index (χ3n) is 4.14. The highest BCUT2D eigenvalue weighted by Crippen LogP contribution is 2.31. The van der Waals surface area contributed by atoms with Crippen LogP contribution in [0.15, 0.2) is 0 Å². The molecule has 0 aromatic rings. The van der Waals surface area contributed by atoms with Gasteiger partial charge in [0.25, 0.3) is 0 Å². The maximum absolute atomic E-state index is 12.6. The average molecular weight is 291 g/mol. The maximum atomic E-state index is 12.6. The maximum Gasteiger partial charge on any atom is 0.322 e. The van der Waals surface area contributed by atoms with Crippen molar-refractivity contribution in [2.24, 2.45) is 0 Å². The number of carboxylic acids is 1. The fraction of sp³-hybridized carbons (Fsp3) is 0.917. The van der Waals surface area contributed by atoms with Crippen LogP contribution >= 0.6 is 0 Å². The van der Waals surface area contributed by atoms with Crippen LogP contribution in [0.4, 0.5) is 0 Å². The first-order valence-electron chi connectivity index (χ1n) is 6.73. The molecule has 0 amide bonds. The van der Waals surface area contributed by atoms with Gasteiger partial charge < -0.3 is 9.84 Å². The molecule has 1 saturated carbocycles. The lowest BCUT2D eigenvalue weighted by Gasteiger charge is -2.29. The molecule has 0 aromatic heterocycles. The molecule has 7 heteroatoms. The van der Waals surface area contributed by atoms with Crippen molar-refractivity contribution in [3.05, 3.63) is 0 Å². The lowest BCUT2D eigenvalue weighted by molar-refractivity contribution is -0.140. The second kappa shape index (κ2) is 5.76. The summed E-state index contributed by atoms with van der Waals surface area (Å²) < 4.78 is 31.4. The molecule has 1 aliphatic carbocycles. The monoisotopic (exact) mass is 291 g/mol. The van der Waals surface area contributed by atoms with Gasteiger partial charge in [0.1, 0.15) is 6.04 Å². The molecule has 1 aliphatic heterocycles. The number of carboxylic acid groups (broad SMARTS) is 1. The summed E-state index contributed by atoms with van der Waals surface area (Å²) in [6, 6.07) is -0.975. The summed E-state index contributed by atoms with van der Waals surface area (Å²) in [4.78, 5) is 11.2. The van der Waals surface area contributed by atoms with E-state index in [1.807, 2.05) is 0 Å². The summed E-state index contributed by atoms with van der Waals surface area (Å²) in [6.07, 6.45) is 4.07. The van der Waals surface area contributed by atoms with Crippen LogP contribution in [0.25, 0.3) is 0 Å². The Morgan fingerprint density at radius 2 is 1.89 bits per heavy atom. The van der Waals surface area contributed by atoms with E-state index < -0.39 is 27.3 Å². The predicted molar refractivity (Wildman–Crippen MR) is 69.3 cm³/mol. The fourth-order valence-corrected chi connectivity index (χ4v) is 5.22. The van der Waals surface area contributed by atoms with E-state index in [0.29, 0.717) is 12.8 Å². The van der Waals surface area contributed by atoms with Crippen LogP contribution < -0.4 is 0 Å². The van der Waals surface area contributed by atoms with Crippen LogP contribution in [-0.4, -0.2) is 54.8 Å². The van der Waals surface area contributed by atoms with Crippen LogP contribution in [0.1, 0.15) is 38.5 Å². The van der Waals surface area contributed by atoms with Crippen LogP contribution in [0.2, 0.25) is 0 Å². The molecule has 110 valence electrons. The van der Waals surface area contributed by atoms with E-state index in [4.69, 9.17) is 4.74 Å². The summed E-state index contributed by atoms with van der Waals surface area (Å²) in [6.45, 7) is 0.159. The van der Waals surface area contributed by atoms with Crippen molar-refractivity contribution < 1.29 is 23.1 Å². The van der Waals surface area contributed by atoms with E-state index in [1.165, 1.54) is 7.11 Å². The standard InChI is InChI=1S/C12H21NO5S/c1-18-9-7-11(12(14)15)13(8-9)19(16,17)10-5-3-2-4-6-10/h9-11H,2-8H2,1H3,(H,14,15). The summed E-state index contributed by atoms with van der Waals surface area (Å²) in [5.74, 6) is -1.08. The Hall–Kier alpha value is -0.660. The van der Waals surface area contributed by atoms with Crippen LogP contribution in [0.3, 0.4) is 0 Å².